The SMILES string of the molecule is CCC1(C)O[SiH2]O[SiH](C)O[Si](C)(C)O[SiH]1C. The Morgan fingerprint density at radius 2 is 1.88 bits per heavy atom. The van der Waals surface area contributed by atoms with Crippen LogP contribution in [0.25, 0.3) is 0 Å². The monoisotopic (exact) mass is 296 g/mol. The average Bonchev–Trinajstić information content (AvgIpc) is 2.17. The first-order valence-corrected chi connectivity index (χ1v) is 14.2. The third-order valence-corrected chi connectivity index (χ3v) is 16.3. The van der Waals surface area contributed by atoms with Crippen LogP contribution in [-0.4, -0.2) is 42.1 Å². The molecule has 0 aliphatic carbocycles. The lowest BCUT2D eigenvalue weighted by molar-refractivity contribution is 0.138. The molecule has 0 radical (unpaired) electrons. The molecule has 1 saturated heterocycles. The van der Waals surface area contributed by atoms with Crippen molar-refractivity contribution in [1.29, 1.82) is 0 Å². The van der Waals surface area contributed by atoms with Crippen LogP contribution < -0.4 is 0 Å². The Hall–Kier alpha value is 0.708. The predicted molar refractivity (Wildman–Crippen MR) is 75.1 cm³/mol. The summed E-state index contributed by atoms with van der Waals surface area (Å²) in [5.41, 5.74) is 0. The Morgan fingerprint density at radius 3 is 2.44 bits per heavy atom. The molecule has 0 aromatic carbocycles. The quantitative estimate of drug-likeness (QED) is 0.667. The van der Waals surface area contributed by atoms with Crippen molar-refractivity contribution in [3.63, 3.8) is 0 Å². The summed E-state index contributed by atoms with van der Waals surface area (Å²) < 4.78 is 24.0. The number of rotatable bonds is 1. The van der Waals surface area contributed by atoms with Gasteiger partial charge in [-0.1, -0.05) is 6.92 Å². The fourth-order valence-corrected chi connectivity index (χ4v) is 14.2. The lowest BCUT2D eigenvalue weighted by atomic mass is 10.3. The van der Waals surface area contributed by atoms with Crippen molar-refractivity contribution >= 4 is 36.9 Å². The third-order valence-electron chi connectivity index (χ3n) is 3.16. The summed E-state index contributed by atoms with van der Waals surface area (Å²) in [6, 6.07) is 0. The first-order valence-electron chi connectivity index (χ1n) is 5.90. The van der Waals surface area contributed by atoms with Crippen molar-refractivity contribution in [3.8, 4) is 0 Å². The fraction of sp³-hybridized carbons (Fsp3) is 1.00. The van der Waals surface area contributed by atoms with Crippen molar-refractivity contribution in [2.45, 2.75) is 51.7 Å². The van der Waals surface area contributed by atoms with Gasteiger partial charge in [-0.2, -0.15) is 0 Å². The highest BCUT2D eigenvalue weighted by Crippen LogP contribution is 2.24. The highest BCUT2D eigenvalue weighted by atomic mass is 28.5. The molecule has 0 aromatic rings. The lowest BCUT2D eigenvalue weighted by Gasteiger charge is -2.36. The normalized spacial score (nSPS) is 42.4. The van der Waals surface area contributed by atoms with Crippen molar-refractivity contribution < 1.29 is 16.8 Å². The molecule has 1 aliphatic heterocycles. The maximum absolute atomic E-state index is 6.24. The largest absolute Gasteiger partial charge is 0.437 e. The summed E-state index contributed by atoms with van der Waals surface area (Å²) in [7, 11) is -5.81. The Balaban J connectivity index is 2.82. The van der Waals surface area contributed by atoms with E-state index in [0.717, 1.165) is 6.42 Å². The van der Waals surface area contributed by atoms with E-state index in [4.69, 9.17) is 16.8 Å². The highest BCUT2D eigenvalue weighted by molar-refractivity contribution is 6.79. The molecule has 3 unspecified atom stereocenters. The number of hydrogen-bond acceptors (Lipinski definition) is 4. The molecule has 0 amide bonds. The van der Waals surface area contributed by atoms with Gasteiger partial charge in [-0.3, -0.25) is 0 Å². The molecule has 4 nitrogen and oxygen atoms in total. The van der Waals surface area contributed by atoms with E-state index in [-0.39, 0.29) is 5.22 Å². The Kier molecular flexibility index (Phi) is 5.14. The van der Waals surface area contributed by atoms with Crippen molar-refractivity contribution in [2.24, 2.45) is 0 Å². The molecule has 1 aliphatic rings. The molecular weight excluding hydrogens is 272 g/mol. The second-order valence-electron chi connectivity index (χ2n) is 4.94. The first kappa shape index (κ1) is 14.8. The second kappa shape index (κ2) is 5.57. The van der Waals surface area contributed by atoms with Crippen LogP contribution in [0.4, 0.5) is 0 Å². The van der Waals surface area contributed by atoms with E-state index in [2.05, 4.69) is 40.0 Å². The zero-order valence-electron chi connectivity index (χ0n) is 11.2. The van der Waals surface area contributed by atoms with Crippen LogP contribution in [0.2, 0.25) is 26.2 Å². The zero-order valence-corrected chi connectivity index (χ0v) is 15.9. The first-order chi connectivity index (χ1) is 7.29. The van der Waals surface area contributed by atoms with Crippen LogP contribution >= 0.6 is 0 Å². The van der Waals surface area contributed by atoms with Gasteiger partial charge in [-0.15, -0.1) is 0 Å². The summed E-state index contributed by atoms with van der Waals surface area (Å²) in [5.74, 6) is 0. The van der Waals surface area contributed by atoms with Crippen LogP contribution in [0.3, 0.4) is 0 Å². The van der Waals surface area contributed by atoms with Gasteiger partial charge in [0.05, 0.1) is 5.22 Å². The molecule has 0 N–H and O–H groups in total. The van der Waals surface area contributed by atoms with Gasteiger partial charge in [-0.05, 0) is 39.5 Å². The van der Waals surface area contributed by atoms with E-state index in [9.17, 15) is 0 Å². The minimum Gasteiger partial charge on any atom is -0.437 e. The molecule has 0 spiro atoms. The molecule has 0 saturated carbocycles. The van der Waals surface area contributed by atoms with E-state index in [1.54, 1.807) is 0 Å². The molecule has 0 aromatic heterocycles. The van der Waals surface area contributed by atoms with Gasteiger partial charge in [-0.25, -0.2) is 0 Å². The smallest absolute Gasteiger partial charge is 0.312 e. The Morgan fingerprint density at radius 1 is 1.25 bits per heavy atom. The van der Waals surface area contributed by atoms with E-state index >= 15 is 0 Å². The van der Waals surface area contributed by atoms with Crippen molar-refractivity contribution in [2.75, 3.05) is 0 Å². The molecule has 1 heterocycles. The average molecular weight is 297 g/mol. The molecule has 0 bridgehead atoms. The molecule has 3 atom stereocenters. The van der Waals surface area contributed by atoms with Gasteiger partial charge in [0.2, 0.25) is 0 Å². The maximum Gasteiger partial charge on any atom is 0.312 e. The van der Waals surface area contributed by atoms with Crippen LogP contribution in [0.1, 0.15) is 20.3 Å². The fourth-order valence-electron chi connectivity index (χ4n) is 1.78. The van der Waals surface area contributed by atoms with Crippen molar-refractivity contribution in [1.82, 2.24) is 0 Å². The van der Waals surface area contributed by atoms with Gasteiger partial charge in [0, 0.05) is 0 Å². The predicted octanol–water partition coefficient (Wildman–Crippen LogP) is 0.679. The van der Waals surface area contributed by atoms with Crippen molar-refractivity contribution in [3.05, 3.63) is 0 Å². The maximum atomic E-state index is 6.24. The minimum absolute atomic E-state index is 0.0850. The summed E-state index contributed by atoms with van der Waals surface area (Å²) >= 11 is 0. The zero-order chi connectivity index (χ0) is 12.4. The van der Waals surface area contributed by atoms with E-state index in [1.807, 2.05) is 0 Å². The highest BCUT2D eigenvalue weighted by Gasteiger charge is 2.40. The van der Waals surface area contributed by atoms with Crippen LogP contribution in [-0.2, 0) is 16.8 Å². The van der Waals surface area contributed by atoms with Gasteiger partial charge >= 0.3 is 8.56 Å². The van der Waals surface area contributed by atoms with E-state index < -0.39 is 36.9 Å². The summed E-state index contributed by atoms with van der Waals surface area (Å²) in [6.07, 6.45) is 0.997. The number of hydrogen-bond donors (Lipinski definition) is 0. The Bertz CT molecular complexity index is 240. The minimum atomic E-state index is -2.00. The molecule has 96 valence electrons. The summed E-state index contributed by atoms with van der Waals surface area (Å²) in [5, 5.41) is -0.0850. The van der Waals surface area contributed by atoms with Crippen LogP contribution in [0.5, 0.6) is 0 Å². The Labute approximate surface area is 106 Å². The standard InChI is InChI=1S/C8H24O4Si4/c1-7-8(2)9-13-10-15(4)12-16(5,6)11-14(8)3/h14-15H,7,13H2,1-6H3. The molecule has 16 heavy (non-hydrogen) atoms. The molecule has 1 rings (SSSR count). The van der Waals surface area contributed by atoms with Crippen LogP contribution in [0.15, 0.2) is 0 Å². The van der Waals surface area contributed by atoms with Gasteiger partial charge < -0.3 is 16.8 Å². The second-order valence-corrected chi connectivity index (χ2v) is 15.1. The summed E-state index contributed by atoms with van der Waals surface area (Å²) in [4.78, 5) is 0. The van der Waals surface area contributed by atoms with Crippen LogP contribution in [0, 0.1) is 0 Å². The van der Waals surface area contributed by atoms with E-state index in [1.165, 1.54) is 0 Å². The molecule has 8 heteroatoms. The van der Waals surface area contributed by atoms with Gasteiger partial charge in [0.15, 0.2) is 9.04 Å². The van der Waals surface area contributed by atoms with E-state index in [0.29, 0.717) is 0 Å². The molecule has 1 fully saturated rings. The lowest BCUT2D eigenvalue weighted by Crippen LogP contribution is -2.52. The van der Waals surface area contributed by atoms with Gasteiger partial charge in [0.25, 0.3) is 19.3 Å². The third kappa shape index (κ3) is 3.87. The summed E-state index contributed by atoms with van der Waals surface area (Å²) in [6.45, 7) is 12.8. The molecular formula is C8H24O4Si4. The topological polar surface area (TPSA) is 36.9 Å². The van der Waals surface area contributed by atoms with Gasteiger partial charge in [0.1, 0.15) is 0 Å².